The first-order valence-electron chi connectivity index (χ1n) is 15.8. The number of piperidine rings is 1. The van der Waals surface area contributed by atoms with Gasteiger partial charge in [0.1, 0.15) is 0 Å². The Morgan fingerprint density at radius 1 is 0.980 bits per heavy atom. The highest BCUT2D eigenvalue weighted by Gasteiger charge is 2.42. The number of carbonyl (C=O) groups is 2. The molecule has 51 heavy (non-hydrogen) atoms. The quantitative estimate of drug-likeness (QED) is 0.155. The molecule has 9 nitrogen and oxygen atoms in total. The second-order valence-corrected chi connectivity index (χ2v) is 15.4. The van der Waals surface area contributed by atoms with Gasteiger partial charge in [0.25, 0.3) is 5.91 Å². The average Bonchev–Trinajstić information content (AvgIpc) is 3.58. The molecule has 0 unspecified atom stereocenters. The van der Waals surface area contributed by atoms with Crippen molar-refractivity contribution in [2.45, 2.75) is 66.0 Å². The third-order valence-electron chi connectivity index (χ3n) is 8.55. The zero-order chi connectivity index (χ0) is 37.6. The molecule has 5 rings (SSSR count). The van der Waals surface area contributed by atoms with Crippen LogP contribution in [-0.2, 0) is 31.1 Å². The second-order valence-electron chi connectivity index (χ2n) is 13.3. The predicted molar refractivity (Wildman–Crippen MR) is 186 cm³/mol. The number of fused-ring (bicyclic) bond motifs is 1. The summed E-state index contributed by atoms with van der Waals surface area (Å²) < 4.78 is 82.9. The van der Waals surface area contributed by atoms with Gasteiger partial charge in [0.15, 0.2) is 5.69 Å². The number of aromatic nitrogens is 3. The van der Waals surface area contributed by atoms with Crippen molar-refractivity contribution < 1.29 is 35.9 Å². The maximum atomic E-state index is 13.7. The summed E-state index contributed by atoms with van der Waals surface area (Å²) in [5, 5.41) is 9.16. The Morgan fingerprint density at radius 2 is 1.65 bits per heavy atom. The third kappa shape index (κ3) is 8.49. The van der Waals surface area contributed by atoms with Crippen molar-refractivity contribution in [1.29, 1.82) is 0 Å². The van der Waals surface area contributed by atoms with Crippen molar-refractivity contribution in [1.82, 2.24) is 25.2 Å². The van der Waals surface area contributed by atoms with Gasteiger partial charge in [-0.15, -0.1) is 11.3 Å². The molecule has 2 aromatic heterocycles. The summed E-state index contributed by atoms with van der Waals surface area (Å²) in [6.45, 7) is 6.41. The standard InChI is InChI=1S/C33H35Cl2F6N7O2S/c1-16-44-27(33(39,40)41)24(51-16)15-42-28(49)19-12-21-23(13-22(19)48-10-8-18(9-11-48)32(36,37)38)47(5)30(45-21)46-26-20(34)7-6-17(25(26)35)14-43-29(50)31(2,3)4/h6-7,12-13,18H,8-11,14-15H2,1-5H3,(H,42,49)(H,43,50)(H,45,46). The molecule has 0 bridgehead atoms. The lowest BCUT2D eigenvalue weighted by Gasteiger charge is -2.35. The van der Waals surface area contributed by atoms with E-state index in [9.17, 15) is 35.9 Å². The van der Waals surface area contributed by atoms with Crippen molar-refractivity contribution in [2.75, 3.05) is 23.3 Å². The fraction of sp³-hybridized carbons (Fsp3) is 0.455. The van der Waals surface area contributed by atoms with Crippen molar-refractivity contribution >= 4 is 74.7 Å². The van der Waals surface area contributed by atoms with Gasteiger partial charge in [-0.3, -0.25) is 9.59 Å². The van der Waals surface area contributed by atoms with Crippen LogP contribution in [0.25, 0.3) is 11.0 Å². The first kappa shape index (κ1) is 38.5. The smallest absolute Gasteiger partial charge is 0.371 e. The van der Waals surface area contributed by atoms with Crippen molar-refractivity contribution in [3.05, 3.63) is 61.0 Å². The molecule has 4 aromatic rings. The summed E-state index contributed by atoms with van der Waals surface area (Å²) in [6.07, 6.45) is -9.47. The molecule has 1 aliphatic heterocycles. The highest BCUT2D eigenvalue weighted by atomic mass is 35.5. The van der Waals surface area contributed by atoms with Crippen molar-refractivity contribution in [3.8, 4) is 0 Å². The van der Waals surface area contributed by atoms with Crippen molar-refractivity contribution in [2.24, 2.45) is 18.4 Å². The number of rotatable bonds is 8. The lowest BCUT2D eigenvalue weighted by molar-refractivity contribution is -0.179. The molecule has 3 N–H and O–H groups in total. The maximum Gasteiger partial charge on any atom is 0.434 e. The van der Waals surface area contributed by atoms with E-state index < -0.39 is 41.8 Å². The topological polar surface area (TPSA) is 104 Å². The zero-order valence-electron chi connectivity index (χ0n) is 28.2. The van der Waals surface area contributed by atoms with E-state index in [4.69, 9.17) is 23.2 Å². The normalized spacial score (nSPS) is 14.6. The lowest BCUT2D eigenvalue weighted by atomic mass is 9.95. The number of carbonyl (C=O) groups excluding carboxylic acids is 2. The Bertz CT molecular complexity index is 1960. The Balaban J connectivity index is 1.49. The predicted octanol–water partition coefficient (Wildman–Crippen LogP) is 8.78. The molecule has 1 saturated heterocycles. The molecule has 276 valence electrons. The van der Waals surface area contributed by atoms with Crippen molar-refractivity contribution in [3.63, 3.8) is 0 Å². The van der Waals surface area contributed by atoms with E-state index in [0.717, 1.165) is 11.3 Å². The van der Waals surface area contributed by atoms with Crippen LogP contribution in [0.3, 0.4) is 0 Å². The maximum absolute atomic E-state index is 13.7. The summed E-state index contributed by atoms with van der Waals surface area (Å²) in [5.74, 6) is -2.16. The van der Waals surface area contributed by atoms with E-state index >= 15 is 0 Å². The minimum absolute atomic E-state index is 0.00502. The summed E-state index contributed by atoms with van der Waals surface area (Å²) in [7, 11) is 1.68. The molecule has 0 saturated carbocycles. The largest absolute Gasteiger partial charge is 0.434 e. The highest BCUT2D eigenvalue weighted by Crippen LogP contribution is 2.40. The van der Waals surface area contributed by atoms with Gasteiger partial charge in [-0.1, -0.05) is 50.0 Å². The van der Waals surface area contributed by atoms with Crippen LogP contribution in [0, 0.1) is 18.3 Å². The summed E-state index contributed by atoms with van der Waals surface area (Å²) in [4.78, 5) is 35.8. The number of nitrogens with zero attached hydrogens (tertiary/aromatic N) is 4. The Labute approximate surface area is 303 Å². The van der Waals surface area contributed by atoms with E-state index in [1.807, 2.05) is 0 Å². The van der Waals surface area contributed by atoms with Gasteiger partial charge in [-0.05, 0) is 43.5 Å². The minimum atomic E-state index is -4.72. The second kappa shape index (κ2) is 14.3. The van der Waals surface area contributed by atoms with Crippen LogP contribution in [-0.4, -0.2) is 45.6 Å². The number of amides is 2. The van der Waals surface area contributed by atoms with Gasteiger partial charge >= 0.3 is 12.4 Å². The number of hydrogen-bond acceptors (Lipinski definition) is 7. The van der Waals surface area contributed by atoms with Crippen LogP contribution < -0.4 is 20.9 Å². The Hall–Kier alpha value is -3.76. The molecule has 0 aliphatic carbocycles. The van der Waals surface area contributed by atoms with E-state index in [0.29, 0.717) is 28.0 Å². The molecular formula is C33H35Cl2F6N7O2S. The number of nitrogens with one attached hydrogen (secondary N) is 3. The number of alkyl halides is 6. The molecule has 2 amide bonds. The Morgan fingerprint density at radius 3 is 2.25 bits per heavy atom. The molecule has 0 atom stereocenters. The first-order chi connectivity index (χ1) is 23.6. The first-order valence-corrected chi connectivity index (χ1v) is 17.4. The SMILES string of the molecule is Cc1nc(C(F)(F)F)c(CNC(=O)c2cc3nc(Nc4c(Cl)ccc(CNC(=O)C(C)(C)C)c4Cl)n(C)c3cc2N2CCC(C(F)(F)F)CC2)s1. The third-order valence-corrected chi connectivity index (χ3v) is 10.3. The number of benzene rings is 2. The van der Waals surface area contributed by atoms with E-state index in [2.05, 4.69) is 25.9 Å². The lowest BCUT2D eigenvalue weighted by Crippen LogP contribution is -2.40. The molecule has 0 spiro atoms. The van der Waals surface area contributed by atoms with Crippen LogP contribution in [0.5, 0.6) is 0 Å². The van der Waals surface area contributed by atoms with E-state index in [-0.39, 0.29) is 69.8 Å². The molecule has 1 fully saturated rings. The number of aryl methyl sites for hydroxylation is 2. The highest BCUT2D eigenvalue weighted by molar-refractivity contribution is 7.11. The number of halogens is 8. The fourth-order valence-corrected chi connectivity index (χ4v) is 7.12. The van der Waals surface area contributed by atoms with E-state index in [1.54, 1.807) is 55.5 Å². The molecule has 2 aromatic carbocycles. The Kier molecular flexibility index (Phi) is 10.8. The van der Waals surface area contributed by atoms with Crippen LogP contribution >= 0.6 is 34.5 Å². The van der Waals surface area contributed by atoms with Crippen LogP contribution in [0.1, 0.15) is 65.1 Å². The van der Waals surface area contributed by atoms with Gasteiger partial charge in [0, 0.05) is 32.1 Å². The average molecular weight is 779 g/mol. The van der Waals surface area contributed by atoms with Crippen LogP contribution in [0.4, 0.5) is 43.7 Å². The number of imidazole rings is 1. The van der Waals surface area contributed by atoms with E-state index in [1.165, 1.54) is 13.0 Å². The summed E-state index contributed by atoms with van der Waals surface area (Å²) >= 11 is 14.0. The minimum Gasteiger partial charge on any atom is -0.371 e. The molecule has 1 aliphatic rings. The fourth-order valence-electron chi connectivity index (χ4n) is 5.70. The molecule has 0 radical (unpaired) electrons. The molecular weight excluding hydrogens is 743 g/mol. The molecule has 3 heterocycles. The summed E-state index contributed by atoms with van der Waals surface area (Å²) in [6, 6.07) is 6.36. The zero-order valence-corrected chi connectivity index (χ0v) is 30.5. The molecule has 18 heteroatoms. The van der Waals surface area contributed by atoms with Gasteiger partial charge in [0.05, 0.1) is 60.4 Å². The summed E-state index contributed by atoms with van der Waals surface area (Å²) in [5.41, 5.74) is 0.306. The number of hydrogen-bond donors (Lipinski definition) is 3. The van der Waals surface area contributed by atoms with Gasteiger partial charge in [0.2, 0.25) is 11.9 Å². The van der Waals surface area contributed by atoms with Crippen LogP contribution in [0.2, 0.25) is 10.0 Å². The number of anilines is 3. The van der Waals surface area contributed by atoms with Gasteiger partial charge < -0.3 is 25.4 Å². The van der Waals surface area contributed by atoms with Gasteiger partial charge in [-0.2, -0.15) is 26.3 Å². The monoisotopic (exact) mass is 777 g/mol. The van der Waals surface area contributed by atoms with Crippen LogP contribution in [0.15, 0.2) is 24.3 Å². The van der Waals surface area contributed by atoms with Gasteiger partial charge in [-0.25, -0.2) is 9.97 Å². The number of thiazole rings is 1.